The molecule has 1 saturated carbocycles. The summed E-state index contributed by atoms with van der Waals surface area (Å²) < 4.78 is 0.940. The molecule has 1 aromatic rings. The van der Waals surface area contributed by atoms with Gasteiger partial charge in [0.05, 0.1) is 10.6 Å². The fourth-order valence-corrected chi connectivity index (χ4v) is 3.51. The molecule has 0 aromatic heterocycles. The molecule has 4 heteroatoms. The fraction of sp³-hybridized carbons (Fsp3) is 0.462. The number of hydrogen-bond donors (Lipinski definition) is 0. The van der Waals surface area contributed by atoms with Gasteiger partial charge < -0.3 is 4.90 Å². The molecule has 90 valence electrons. The highest BCUT2D eigenvalue weighted by molar-refractivity contribution is 9.10. The predicted molar refractivity (Wildman–Crippen MR) is 71.2 cm³/mol. The van der Waals surface area contributed by atoms with Crippen LogP contribution in [0.25, 0.3) is 0 Å². The lowest BCUT2D eigenvalue weighted by molar-refractivity contribution is 0.0697. The first-order chi connectivity index (χ1) is 8.08. The van der Waals surface area contributed by atoms with Crippen molar-refractivity contribution in [2.75, 3.05) is 0 Å². The largest absolute Gasteiger partial charge is 0.331 e. The summed E-state index contributed by atoms with van der Waals surface area (Å²) in [4.78, 5) is 14.3. The van der Waals surface area contributed by atoms with E-state index in [4.69, 9.17) is 11.6 Å². The second-order valence-corrected chi connectivity index (χ2v) is 6.26. The van der Waals surface area contributed by atoms with Gasteiger partial charge in [0.2, 0.25) is 0 Å². The molecule has 1 fully saturated rings. The standard InChI is InChI=1S/C13H13BrClNO/c1-7(8-2-3-8)16-6-9-4-10(14)5-11(15)12(9)13(16)17/h4-5,7-8H,2-3,6H2,1H3/t7-/m1/s1. The SMILES string of the molecule is C[C@H](C1CC1)N1Cc2cc(Br)cc(Cl)c2C1=O. The molecule has 17 heavy (non-hydrogen) atoms. The minimum absolute atomic E-state index is 0.0944. The molecule has 1 atom stereocenters. The Bertz CT molecular complexity index is 498. The molecule has 1 aromatic carbocycles. The van der Waals surface area contributed by atoms with E-state index in [0.717, 1.165) is 10.0 Å². The van der Waals surface area contributed by atoms with Crippen LogP contribution in [0.5, 0.6) is 0 Å². The van der Waals surface area contributed by atoms with Crippen LogP contribution >= 0.6 is 27.5 Å². The smallest absolute Gasteiger partial charge is 0.256 e. The number of halogens is 2. The summed E-state index contributed by atoms with van der Waals surface area (Å²) in [6.07, 6.45) is 2.50. The Morgan fingerprint density at radius 3 is 2.82 bits per heavy atom. The maximum Gasteiger partial charge on any atom is 0.256 e. The van der Waals surface area contributed by atoms with Gasteiger partial charge in [-0.2, -0.15) is 0 Å². The van der Waals surface area contributed by atoms with E-state index < -0.39 is 0 Å². The van der Waals surface area contributed by atoms with Gasteiger partial charge in [-0.1, -0.05) is 27.5 Å². The quantitative estimate of drug-likeness (QED) is 0.812. The van der Waals surface area contributed by atoms with Crippen molar-refractivity contribution in [3.05, 3.63) is 32.8 Å². The number of rotatable bonds is 2. The lowest BCUT2D eigenvalue weighted by Gasteiger charge is -2.23. The molecular formula is C13H13BrClNO. The number of carbonyl (C=O) groups is 1. The van der Waals surface area contributed by atoms with E-state index in [9.17, 15) is 4.79 Å². The van der Waals surface area contributed by atoms with Crippen LogP contribution in [0.2, 0.25) is 5.02 Å². The first kappa shape index (κ1) is 11.5. The Labute approximate surface area is 114 Å². The molecule has 1 heterocycles. The van der Waals surface area contributed by atoms with Crippen LogP contribution in [-0.2, 0) is 6.54 Å². The molecule has 2 nitrogen and oxygen atoms in total. The first-order valence-electron chi connectivity index (χ1n) is 5.87. The molecule has 0 bridgehead atoms. The zero-order valence-corrected chi connectivity index (χ0v) is 11.9. The molecular weight excluding hydrogens is 302 g/mol. The predicted octanol–water partition coefficient (Wildman–Crippen LogP) is 3.86. The molecule has 3 rings (SSSR count). The molecule has 1 amide bonds. The number of hydrogen-bond acceptors (Lipinski definition) is 1. The molecule has 0 radical (unpaired) electrons. The topological polar surface area (TPSA) is 20.3 Å². The summed E-state index contributed by atoms with van der Waals surface area (Å²) in [6, 6.07) is 4.13. The van der Waals surface area contributed by atoms with Crippen LogP contribution in [0.15, 0.2) is 16.6 Å². The lowest BCUT2D eigenvalue weighted by Crippen LogP contribution is -2.34. The van der Waals surface area contributed by atoms with Gasteiger partial charge in [0.25, 0.3) is 5.91 Å². The van der Waals surface area contributed by atoms with Crippen LogP contribution in [0.1, 0.15) is 35.7 Å². The highest BCUT2D eigenvalue weighted by Crippen LogP contribution is 2.40. The summed E-state index contributed by atoms with van der Waals surface area (Å²) in [6.45, 7) is 2.84. The van der Waals surface area contributed by atoms with E-state index in [0.29, 0.717) is 29.1 Å². The van der Waals surface area contributed by atoms with E-state index in [2.05, 4.69) is 22.9 Å². The van der Waals surface area contributed by atoms with Crippen molar-refractivity contribution >= 4 is 33.4 Å². The Kier molecular flexibility index (Phi) is 2.71. The lowest BCUT2D eigenvalue weighted by atomic mass is 10.1. The summed E-state index contributed by atoms with van der Waals surface area (Å²) in [7, 11) is 0. The van der Waals surface area contributed by atoms with Crippen molar-refractivity contribution in [3.63, 3.8) is 0 Å². The van der Waals surface area contributed by atoms with Crippen molar-refractivity contribution in [3.8, 4) is 0 Å². The van der Waals surface area contributed by atoms with Crippen molar-refractivity contribution in [2.24, 2.45) is 5.92 Å². The number of nitrogens with zero attached hydrogens (tertiary/aromatic N) is 1. The number of fused-ring (bicyclic) bond motifs is 1. The second kappa shape index (κ2) is 3.99. The minimum Gasteiger partial charge on any atom is -0.331 e. The van der Waals surface area contributed by atoms with Crippen molar-refractivity contribution in [1.82, 2.24) is 4.90 Å². The van der Waals surface area contributed by atoms with Crippen LogP contribution in [0.3, 0.4) is 0 Å². The molecule has 0 unspecified atom stereocenters. The van der Waals surface area contributed by atoms with Crippen LogP contribution in [0.4, 0.5) is 0 Å². The van der Waals surface area contributed by atoms with Gasteiger partial charge in [-0.3, -0.25) is 4.79 Å². The first-order valence-corrected chi connectivity index (χ1v) is 7.04. The summed E-state index contributed by atoms with van der Waals surface area (Å²) >= 11 is 9.58. The normalized spacial score (nSPS) is 20.6. The van der Waals surface area contributed by atoms with Crippen molar-refractivity contribution in [2.45, 2.75) is 32.4 Å². The molecule has 0 N–H and O–H groups in total. The molecule has 2 aliphatic rings. The van der Waals surface area contributed by atoms with E-state index in [1.807, 2.05) is 11.0 Å². The average Bonchev–Trinajstić information content (AvgIpc) is 3.03. The second-order valence-electron chi connectivity index (χ2n) is 4.93. The Morgan fingerprint density at radius 1 is 1.47 bits per heavy atom. The highest BCUT2D eigenvalue weighted by Gasteiger charge is 2.39. The zero-order chi connectivity index (χ0) is 12.2. The summed E-state index contributed by atoms with van der Waals surface area (Å²) in [5.41, 5.74) is 1.74. The molecule has 1 aliphatic heterocycles. The van der Waals surface area contributed by atoms with Gasteiger partial charge in [0.1, 0.15) is 0 Å². The van der Waals surface area contributed by atoms with Crippen molar-refractivity contribution < 1.29 is 4.79 Å². The van der Waals surface area contributed by atoms with Crippen LogP contribution in [0, 0.1) is 5.92 Å². The highest BCUT2D eigenvalue weighted by atomic mass is 79.9. The zero-order valence-electron chi connectivity index (χ0n) is 9.54. The monoisotopic (exact) mass is 313 g/mol. The van der Waals surface area contributed by atoms with Crippen LogP contribution in [-0.4, -0.2) is 16.8 Å². The maximum atomic E-state index is 12.3. The van der Waals surface area contributed by atoms with Gasteiger partial charge in [-0.25, -0.2) is 0 Å². The Hall–Kier alpha value is -0.540. The summed E-state index contributed by atoms with van der Waals surface area (Å²) in [5, 5.41) is 0.560. The third-order valence-electron chi connectivity index (χ3n) is 3.75. The molecule has 0 spiro atoms. The van der Waals surface area contributed by atoms with Gasteiger partial charge >= 0.3 is 0 Å². The van der Waals surface area contributed by atoms with Gasteiger partial charge in [-0.15, -0.1) is 0 Å². The molecule has 1 aliphatic carbocycles. The number of benzene rings is 1. The van der Waals surface area contributed by atoms with Crippen molar-refractivity contribution in [1.29, 1.82) is 0 Å². The van der Waals surface area contributed by atoms with E-state index in [-0.39, 0.29) is 5.91 Å². The van der Waals surface area contributed by atoms with Crippen LogP contribution < -0.4 is 0 Å². The summed E-state index contributed by atoms with van der Waals surface area (Å²) in [5.74, 6) is 0.785. The van der Waals surface area contributed by atoms with E-state index in [1.54, 1.807) is 6.07 Å². The third kappa shape index (κ3) is 1.89. The Balaban J connectivity index is 1.96. The minimum atomic E-state index is 0.0944. The van der Waals surface area contributed by atoms with E-state index >= 15 is 0 Å². The number of amides is 1. The third-order valence-corrected chi connectivity index (χ3v) is 4.50. The van der Waals surface area contributed by atoms with Gasteiger partial charge in [-0.05, 0) is 43.4 Å². The fourth-order valence-electron chi connectivity index (χ4n) is 2.55. The van der Waals surface area contributed by atoms with E-state index in [1.165, 1.54) is 12.8 Å². The maximum absolute atomic E-state index is 12.3. The molecule has 0 saturated heterocycles. The number of carbonyl (C=O) groups excluding carboxylic acids is 1. The van der Waals surface area contributed by atoms with Gasteiger partial charge in [0, 0.05) is 17.1 Å². The Morgan fingerprint density at radius 2 is 2.18 bits per heavy atom. The average molecular weight is 315 g/mol. The van der Waals surface area contributed by atoms with Gasteiger partial charge in [0.15, 0.2) is 0 Å².